The molecule has 1 aliphatic rings. The van der Waals surface area contributed by atoms with Crippen molar-refractivity contribution >= 4 is 11.8 Å². The fraction of sp³-hybridized carbons (Fsp3) is 0.400. The molecule has 2 heterocycles. The summed E-state index contributed by atoms with van der Waals surface area (Å²) in [6.07, 6.45) is 3.65. The first kappa shape index (κ1) is 17.4. The quantitative estimate of drug-likeness (QED) is 0.927. The zero-order valence-corrected chi connectivity index (χ0v) is 14.9. The SMILES string of the molecule is C[C@@H]1C[C@H](N(C)C(=O)Nc2ccccn2)CCN1Cc1ccccc1. The summed E-state index contributed by atoms with van der Waals surface area (Å²) in [6, 6.07) is 16.7. The molecular weight excluding hydrogens is 312 g/mol. The van der Waals surface area contributed by atoms with E-state index in [9.17, 15) is 4.79 Å². The fourth-order valence-corrected chi connectivity index (χ4v) is 3.40. The molecule has 1 aliphatic heterocycles. The number of amides is 2. The molecule has 2 amide bonds. The van der Waals surface area contributed by atoms with Crippen LogP contribution >= 0.6 is 0 Å². The highest BCUT2D eigenvalue weighted by molar-refractivity contribution is 5.88. The molecule has 0 aliphatic carbocycles. The van der Waals surface area contributed by atoms with Crippen molar-refractivity contribution < 1.29 is 4.79 Å². The van der Waals surface area contributed by atoms with E-state index < -0.39 is 0 Å². The van der Waals surface area contributed by atoms with Crippen LogP contribution in [0.25, 0.3) is 0 Å². The van der Waals surface area contributed by atoms with Gasteiger partial charge in [-0.3, -0.25) is 10.2 Å². The Morgan fingerprint density at radius 3 is 2.68 bits per heavy atom. The minimum Gasteiger partial charge on any atom is -0.324 e. The molecule has 1 N–H and O–H groups in total. The van der Waals surface area contributed by atoms with Gasteiger partial charge in [0, 0.05) is 38.4 Å². The van der Waals surface area contributed by atoms with Crippen LogP contribution in [-0.4, -0.2) is 46.5 Å². The number of piperidine rings is 1. The van der Waals surface area contributed by atoms with E-state index in [1.165, 1.54) is 5.56 Å². The zero-order valence-electron chi connectivity index (χ0n) is 14.9. The van der Waals surface area contributed by atoms with E-state index >= 15 is 0 Å². The molecule has 5 nitrogen and oxygen atoms in total. The van der Waals surface area contributed by atoms with Crippen molar-refractivity contribution in [3.63, 3.8) is 0 Å². The van der Waals surface area contributed by atoms with Gasteiger partial charge in [-0.1, -0.05) is 36.4 Å². The second-order valence-electron chi connectivity index (χ2n) is 6.74. The van der Waals surface area contributed by atoms with Crippen molar-refractivity contribution in [2.45, 2.75) is 38.4 Å². The van der Waals surface area contributed by atoms with E-state index in [0.717, 1.165) is 25.9 Å². The summed E-state index contributed by atoms with van der Waals surface area (Å²) < 4.78 is 0. The average molecular weight is 338 g/mol. The predicted octanol–water partition coefficient (Wildman–Crippen LogP) is 3.60. The number of pyridine rings is 1. The van der Waals surface area contributed by atoms with Crippen LogP contribution in [0.2, 0.25) is 0 Å². The Kier molecular flexibility index (Phi) is 5.66. The van der Waals surface area contributed by atoms with Gasteiger partial charge in [-0.2, -0.15) is 0 Å². The van der Waals surface area contributed by atoms with E-state index in [1.807, 2.05) is 30.1 Å². The number of nitrogens with one attached hydrogen (secondary N) is 1. The number of benzene rings is 1. The summed E-state index contributed by atoms with van der Waals surface area (Å²) in [7, 11) is 1.88. The lowest BCUT2D eigenvalue weighted by molar-refractivity contribution is 0.0942. The number of hydrogen-bond donors (Lipinski definition) is 1. The van der Waals surface area contributed by atoms with E-state index in [2.05, 4.69) is 46.4 Å². The second-order valence-corrected chi connectivity index (χ2v) is 6.74. The first-order chi connectivity index (χ1) is 12.1. The minimum atomic E-state index is -0.0904. The standard InChI is InChI=1S/C20H26N4O/c1-16-14-18(11-13-24(16)15-17-8-4-3-5-9-17)23(2)20(25)22-19-10-6-7-12-21-19/h3-10,12,16,18H,11,13-15H2,1-2H3,(H,21,22,25)/t16-,18-/m1/s1. The first-order valence-electron chi connectivity index (χ1n) is 8.86. The van der Waals surface area contributed by atoms with Crippen LogP contribution in [0.3, 0.4) is 0 Å². The number of likely N-dealkylation sites (tertiary alicyclic amines) is 1. The number of anilines is 1. The topological polar surface area (TPSA) is 48.5 Å². The van der Waals surface area contributed by atoms with Gasteiger partial charge in [0.15, 0.2) is 0 Å². The summed E-state index contributed by atoms with van der Waals surface area (Å²) >= 11 is 0. The van der Waals surface area contributed by atoms with E-state index in [-0.39, 0.29) is 12.1 Å². The lowest BCUT2D eigenvalue weighted by Crippen LogP contribution is -2.50. The maximum Gasteiger partial charge on any atom is 0.323 e. The Morgan fingerprint density at radius 2 is 2.00 bits per heavy atom. The molecule has 132 valence electrons. The third-order valence-electron chi connectivity index (χ3n) is 4.98. The average Bonchev–Trinajstić information content (AvgIpc) is 2.64. The molecule has 25 heavy (non-hydrogen) atoms. The van der Waals surface area contributed by atoms with Gasteiger partial charge in [0.2, 0.25) is 0 Å². The van der Waals surface area contributed by atoms with Crippen LogP contribution in [-0.2, 0) is 6.54 Å². The highest BCUT2D eigenvalue weighted by Gasteiger charge is 2.29. The normalized spacial score (nSPS) is 20.9. The van der Waals surface area contributed by atoms with Gasteiger partial charge < -0.3 is 4.90 Å². The number of carbonyl (C=O) groups is 1. The Morgan fingerprint density at radius 1 is 1.24 bits per heavy atom. The van der Waals surface area contributed by atoms with Gasteiger partial charge >= 0.3 is 6.03 Å². The molecule has 1 aromatic heterocycles. The fourth-order valence-electron chi connectivity index (χ4n) is 3.40. The van der Waals surface area contributed by atoms with E-state index in [4.69, 9.17) is 0 Å². The second kappa shape index (κ2) is 8.12. The number of carbonyl (C=O) groups excluding carboxylic acids is 1. The number of rotatable bonds is 4. The maximum atomic E-state index is 12.5. The monoisotopic (exact) mass is 338 g/mol. The van der Waals surface area contributed by atoms with Gasteiger partial charge in [-0.15, -0.1) is 0 Å². The van der Waals surface area contributed by atoms with Crippen LogP contribution in [0.15, 0.2) is 54.7 Å². The van der Waals surface area contributed by atoms with Crippen LogP contribution < -0.4 is 5.32 Å². The highest BCUT2D eigenvalue weighted by atomic mass is 16.2. The molecule has 1 fully saturated rings. The molecule has 1 aromatic carbocycles. The van der Waals surface area contributed by atoms with Crippen molar-refractivity contribution in [3.05, 3.63) is 60.3 Å². The van der Waals surface area contributed by atoms with Crippen molar-refractivity contribution in [2.75, 3.05) is 18.9 Å². The number of nitrogens with zero attached hydrogens (tertiary/aromatic N) is 3. The highest BCUT2D eigenvalue weighted by Crippen LogP contribution is 2.23. The molecule has 0 saturated carbocycles. The summed E-state index contributed by atoms with van der Waals surface area (Å²) in [4.78, 5) is 20.9. The van der Waals surface area contributed by atoms with Crippen molar-refractivity contribution in [3.8, 4) is 0 Å². The number of aromatic nitrogens is 1. The van der Waals surface area contributed by atoms with Crippen LogP contribution in [0, 0.1) is 0 Å². The van der Waals surface area contributed by atoms with Crippen LogP contribution in [0.5, 0.6) is 0 Å². The molecule has 2 aromatic rings. The molecule has 5 heteroatoms. The predicted molar refractivity (Wildman–Crippen MR) is 100 cm³/mol. The Labute approximate surface area is 149 Å². The minimum absolute atomic E-state index is 0.0904. The molecule has 2 atom stereocenters. The Balaban J connectivity index is 1.54. The molecule has 3 rings (SSSR count). The summed E-state index contributed by atoms with van der Waals surface area (Å²) in [5.41, 5.74) is 1.34. The molecule has 1 saturated heterocycles. The van der Waals surface area contributed by atoms with Gasteiger partial charge in [-0.25, -0.2) is 9.78 Å². The van der Waals surface area contributed by atoms with E-state index in [0.29, 0.717) is 11.9 Å². The van der Waals surface area contributed by atoms with Gasteiger partial charge in [0.05, 0.1) is 0 Å². The van der Waals surface area contributed by atoms with Crippen molar-refractivity contribution in [2.24, 2.45) is 0 Å². The largest absolute Gasteiger partial charge is 0.324 e. The van der Waals surface area contributed by atoms with Crippen LogP contribution in [0.1, 0.15) is 25.3 Å². The summed E-state index contributed by atoms with van der Waals surface area (Å²) in [6.45, 7) is 4.22. The van der Waals surface area contributed by atoms with Crippen molar-refractivity contribution in [1.29, 1.82) is 0 Å². The molecule has 0 spiro atoms. The molecule has 0 radical (unpaired) electrons. The Hall–Kier alpha value is -2.40. The first-order valence-corrected chi connectivity index (χ1v) is 8.86. The zero-order chi connectivity index (χ0) is 17.6. The summed E-state index contributed by atoms with van der Waals surface area (Å²) in [5.74, 6) is 0.592. The van der Waals surface area contributed by atoms with Crippen LogP contribution in [0.4, 0.5) is 10.6 Å². The molecule has 0 unspecified atom stereocenters. The lowest BCUT2D eigenvalue weighted by atomic mass is 9.96. The van der Waals surface area contributed by atoms with Gasteiger partial charge in [0.25, 0.3) is 0 Å². The number of hydrogen-bond acceptors (Lipinski definition) is 3. The maximum absolute atomic E-state index is 12.5. The molecular formula is C20H26N4O. The van der Waals surface area contributed by atoms with Gasteiger partial charge in [0.1, 0.15) is 5.82 Å². The smallest absolute Gasteiger partial charge is 0.323 e. The Bertz CT molecular complexity index is 677. The third kappa shape index (κ3) is 4.57. The lowest BCUT2D eigenvalue weighted by Gasteiger charge is -2.41. The van der Waals surface area contributed by atoms with E-state index in [1.54, 1.807) is 12.3 Å². The van der Waals surface area contributed by atoms with Gasteiger partial charge in [-0.05, 0) is 37.5 Å². The third-order valence-corrected chi connectivity index (χ3v) is 4.98. The molecule has 0 bridgehead atoms. The van der Waals surface area contributed by atoms with Crippen molar-refractivity contribution in [1.82, 2.24) is 14.8 Å². The summed E-state index contributed by atoms with van der Waals surface area (Å²) in [5, 5.41) is 2.87. The number of urea groups is 1.